The molecule has 1 aliphatic rings. The Morgan fingerprint density at radius 2 is 2.32 bits per heavy atom. The molecular weight excluding hydrogens is 260 g/mol. The lowest BCUT2D eigenvalue weighted by Gasteiger charge is -2.28. The van der Waals surface area contributed by atoms with Gasteiger partial charge in [0.05, 0.1) is 12.0 Å². The molecule has 1 saturated heterocycles. The number of hydrogen-bond acceptors (Lipinski definition) is 5. The standard InChI is InChI=1S/C14H16N2O2S/c17-9-11-3-5-16(6-4-11)8-12-10-19-14(15-12)13-2-1-7-18-13/h1-2,7,9-11H,3-6,8H2. The zero-order valence-corrected chi connectivity index (χ0v) is 11.4. The second-order valence-corrected chi connectivity index (χ2v) is 5.73. The molecular formula is C14H16N2O2S. The topological polar surface area (TPSA) is 46.3 Å². The van der Waals surface area contributed by atoms with Crippen LogP contribution in [0, 0.1) is 5.92 Å². The van der Waals surface area contributed by atoms with Crippen LogP contribution < -0.4 is 0 Å². The van der Waals surface area contributed by atoms with E-state index in [-0.39, 0.29) is 5.92 Å². The van der Waals surface area contributed by atoms with Crippen LogP contribution in [-0.2, 0) is 11.3 Å². The second-order valence-electron chi connectivity index (χ2n) is 4.87. The van der Waals surface area contributed by atoms with E-state index in [2.05, 4.69) is 15.3 Å². The minimum Gasteiger partial charge on any atom is -0.462 e. The van der Waals surface area contributed by atoms with Crippen LogP contribution >= 0.6 is 11.3 Å². The van der Waals surface area contributed by atoms with Gasteiger partial charge in [-0.3, -0.25) is 4.90 Å². The van der Waals surface area contributed by atoms with Gasteiger partial charge in [-0.15, -0.1) is 11.3 Å². The summed E-state index contributed by atoms with van der Waals surface area (Å²) in [5.41, 5.74) is 1.08. The fourth-order valence-electron chi connectivity index (χ4n) is 2.37. The van der Waals surface area contributed by atoms with Crippen molar-refractivity contribution < 1.29 is 9.21 Å². The highest BCUT2D eigenvalue weighted by molar-refractivity contribution is 7.13. The Kier molecular flexibility index (Phi) is 3.75. The number of furan rings is 1. The number of carbonyl (C=O) groups is 1. The van der Waals surface area contributed by atoms with Crippen LogP contribution in [0.3, 0.4) is 0 Å². The van der Waals surface area contributed by atoms with Gasteiger partial charge in [0, 0.05) is 17.8 Å². The molecule has 1 fully saturated rings. The highest BCUT2D eigenvalue weighted by atomic mass is 32.1. The molecule has 2 aromatic heterocycles. The van der Waals surface area contributed by atoms with Crippen LogP contribution in [0.15, 0.2) is 28.2 Å². The van der Waals surface area contributed by atoms with Gasteiger partial charge in [-0.2, -0.15) is 0 Å². The predicted octanol–water partition coefficient (Wildman–Crippen LogP) is 2.81. The van der Waals surface area contributed by atoms with Crippen molar-refractivity contribution in [2.75, 3.05) is 13.1 Å². The minimum absolute atomic E-state index is 0.255. The van der Waals surface area contributed by atoms with Gasteiger partial charge in [0.25, 0.3) is 0 Å². The third-order valence-corrected chi connectivity index (χ3v) is 4.40. The second kappa shape index (κ2) is 5.67. The quantitative estimate of drug-likeness (QED) is 0.806. The number of aromatic nitrogens is 1. The predicted molar refractivity (Wildman–Crippen MR) is 73.9 cm³/mol. The van der Waals surface area contributed by atoms with E-state index in [1.807, 2.05) is 12.1 Å². The molecule has 1 aliphatic heterocycles. The maximum atomic E-state index is 10.7. The number of likely N-dealkylation sites (tertiary alicyclic amines) is 1. The summed E-state index contributed by atoms with van der Waals surface area (Å²) in [6.07, 6.45) is 4.70. The average molecular weight is 276 g/mol. The van der Waals surface area contributed by atoms with Crippen molar-refractivity contribution >= 4 is 17.6 Å². The molecule has 2 aromatic rings. The number of piperidine rings is 1. The summed E-state index contributed by atoms with van der Waals surface area (Å²) in [5.74, 6) is 1.08. The Hall–Kier alpha value is -1.46. The summed E-state index contributed by atoms with van der Waals surface area (Å²) in [7, 11) is 0. The number of rotatable bonds is 4. The first-order valence-corrected chi connectivity index (χ1v) is 7.39. The van der Waals surface area contributed by atoms with E-state index in [0.717, 1.165) is 55.2 Å². The van der Waals surface area contributed by atoms with Crippen LogP contribution in [0.5, 0.6) is 0 Å². The Morgan fingerprint density at radius 3 is 3.00 bits per heavy atom. The van der Waals surface area contributed by atoms with Crippen molar-refractivity contribution in [1.82, 2.24) is 9.88 Å². The monoisotopic (exact) mass is 276 g/mol. The van der Waals surface area contributed by atoms with E-state index in [1.54, 1.807) is 17.6 Å². The highest BCUT2D eigenvalue weighted by Crippen LogP contribution is 2.25. The summed E-state index contributed by atoms with van der Waals surface area (Å²) in [6.45, 7) is 2.83. The third kappa shape index (κ3) is 2.93. The van der Waals surface area contributed by atoms with E-state index in [1.165, 1.54) is 0 Å². The third-order valence-electron chi connectivity index (χ3n) is 3.49. The zero-order valence-electron chi connectivity index (χ0n) is 10.6. The van der Waals surface area contributed by atoms with Gasteiger partial charge >= 0.3 is 0 Å². The van der Waals surface area contributed by atoms with Crippen LogP contribution in [0.4, 0.5) is 0 Å². The number of aldehydes is 1. The molecule has 0 aromatic carbocycles. The summed E-state index contributed by atoms with van der Waals surface area (Å²) < 4.78 is 5.35. The van der Waals surface area contributed by atoms with Gasteiger partial charge < -0.3 is 9.21 Å². The van der Waals surface area contributed by atoms with Gasteiger partial charge in [-0.1, -0.05) is 0 Å². The van der Waals surface area contributed by atoms with E-state index < -0.39 is 0 Å². The molecule has 0 N–H and O–H groups in total. The van der Waals surface area contributed by atoms with Gasteiger partial charge in [-0.25, -0.2) is 4.98 Å². The largest absolute Gasteiger partial charge is 0.462 e. The molecule has 0 bridgehead atoms. The molecule has 3 heterocycles. The molecule has 5 heteroatoms. The maximum Gasteiger partial charge on any atom is 0.162 e. The summed E-state index contributed by atoms with van der Waals surface area (Å²) in [5, 5.41) is 3.02. The summed E-state index contributed by atoms with van der Waals surface area (Å²) in [4.78, 5) is 17.7. The number of nitrogens with zero attached hydrogens (tertiary/aromatic N) is 2. The van der Waals surface area contributed by atoms with E-state index in [9.17, 15) is 4.79 Å². The Bertz CT molecular complexity index is 527. The lowest BCUT2D eigenvalue weighted by Crippen LogP contribution is -2.33. The molecule has 3 rings (SSSR count). The number of hydrogen-bond donors (Lipinski definition) is 0. The molecule has 0 saturated carbocycles. The van der Waals surface area contributed by atoms with Gasteiger partial charge in [0.1, 0.15) is 6.29 Å². The molecule has 4 nitrogen and oxygen atoms in total. The van der Waals surface area contributed by atoms with Crippen molar-refractivity contribution in [2.45, 2.75) is 19.4 Å². The number of carbonyl (C=O) groups excluding carboxylic acids is 1. The molecule has 0 unspecified atom stereocenters. The molecule has 19 heavy (non-hydrogen) atoms. The molecule has 0 radical (unpaired) electrons. The number of thiazole rings is 1. The van der Waals surface area contributed by atoms with Gasteiger partial charge in [-0.05, 0) is 38.1 Å². The van der Waals surface area contributed by atoms with Crippen molar-refractivity contribution in [1.29, 1.82) is 0 Å². The SMILES string of the molecule is O=CC1CCN(Cc2csc(-c3ccco3)n2)CC1. The molecule has 0 amide bonds. The van der Waals surface area contributed by atoms with E-state index in [4.69, 9.17) is 4.42 Å². The zero-order chi connectivity index (χ0) is 13.1. The maximum absolute atomic E-state index is 10.7. The first-order valence-electron chi connectivity index (χ1n) is 6.51. The van der Waals surface area contributed by atoms with Crippen LogP contribution in [0.1, 0.15) is 18.5 Å². The first-order chi connectivity index (χ1) is 9.35. The Morgan fingerprint density at radius 1 is 1.47 bits per heavy atom. The highest BCUT2D eigenvalue weighted by Gasteiger charge is 2.19. The summed E-state index contributed by atoms with van der Waals surface area (Å²) in [6, 6.07) is 3.80. The fourth-order valence-corrected chi connectivity index (χ4v) is 3.15. The van der Waals surface area contributed by atoms with E-state index in [0.29, 0.717) is 0 Å². The summed E-state index contributed by atoms with van der Waals surface area (Å²) >= 11 is 1.61. The average Bonchev–Trinajstić information content (AvgIpc) is 3.10. The van der Waals surface area contributed by atoms with Crippen molar-refractivity contribution in [3.05, 3.63) is 29.5 Å². The van der Waals surface area contributed by atoms with Crippen LogP contribution in [-0.4, -0.2) is 29.3 Å². The Labute approximate surface area is 116 Å². The van der Waals surface area contributed by atoms with E-state index >= 15 is 0 Å². The first kappa shape index (κ1) is 12.6. The normalized spacial score (nSPS) is 17.7. The fraction of sp³-hybridized carbons (Fsp3) is 0.429. The lowest BCUT2D eigenvalue weighted by atomic mass is 9.99. The van der Waals surface area contributed by atoms with Crippen molar-refractivity contribution in [3.8, 4) is 10.8 Å². The van der Waals surface area contributed by atoms with Gasteiger partial charge in [0.15, 0.2) is 10.8 Å². The van der Waals surface area contributed by atoms with Gasteiger partial charge in [0.2, 0.25) is 0 Å². The van der Waals surface area contributed by atoms with Crippen molar-refractivity contribution in [2.24, 2.45) is 5.92 Å². The molecule has 100 valence electrons. The smallest absolute Gasteiger partial charge is 0.162 e. The van der Waals surface area contributed by atoms with Crippen LogP contribution in [0.2, 0.25) is 0 Å². The lowest BCUT2D eigenvalue weighted by molar-refractivity contribution is -0.112. The minimum atomic E-state index is 0.255. The van der Waals surface area contributed by atoms with Crippen molar-refractivity contribution in [3.63, 3.8) is 0 Å². The molecule has 0 atom stereocenters. The molecule has 0 spiro atoms. The Balaban J connectivity index is 1.60. The molecule has 0 aliphatic carbocycles. The van der Waals surface area contributed by atoms with Crippen LogP contribution in [0.25, 0.3) is 10.8 Å².